The lowest BCUT2D eigenvalue weighted by molar-refractivity contribution is -0.108. The SMILES string of the molecule is CNc1ncc2cc(-c3ccc(-c4cncc(C)n4)cc3Cl)c(=O)n(CC=O)c2n1. The molecule has 1 aromatic carbocycles. The smallest absolute Gasteiger partial charge is 0.260 e. The van der Waals surface area contributed by atoms with Crippen molar-refractivity contribution < 1.29 is 4.79 Å². The van der Waals surface area contributed by atoms with Gasteiger partial charge in [0.1, 0.15) is 11.9 Å². The number of fused-ring (bicyclic) bond motifs is 1. The molecule has 0 fully saturated rings. The fourth-order valence-corrected chi connectivity index (χ4v) is 3.49. The normalized spacial score (nSPS) is 10.9. The van der Waals surface area contributed by atoms with Crippen LogP contribution in [0.3, 0.4) is 0 Å². The van der Waals surface area contributed by atoms with Crippen LogP contribution in [0.2, 0.25) is 5.02 Å². The van der Waals surface area contributed by atoms with E-state index in [2.05, 4.69) is 25.3 Å². The van der Waals surface area contributed by atoms with E-state index >= 15 is 0 Å². The summed E-state index contributed by atoms with van der Waals surface area (Å²) in [5, 5.41) is 3.84. The molecular weight excluding hydrogens is 404 g/mol. The van der Waals surface area contributed by atoms with Crippen LogP contribution >= 0.6 is 11.6 Å². The van der Waals surface area contributed by atoms with E-state index in [1.165, 1.54) is 4.57 Å². The minimum absolute atomic E-state index is 0.127. The molecule has 9 heteroatoms. The Balaban J connectivity index is 1.90. The van der Waals surface area contributed by atoms with E-state index in [-0.39, 0.29) is 12.1 Å². The van der Waals surface area contributed by atoms with Crippen molar-refractivity contribution in [2.45, 2.75) is 13.5 Å². The minimum Gasteiger partial charge on any atom is -0.357 e. The Kier molecular flexibility index (Phi) is 5.24. The lowest BCUT2D eigenvalue weighted by Gasteiger charge is -2.12. The summed E-state index contributed by atoms with van der Waals surface area (Å²) >= 11 is 6.55. The number of pyridine rings is 1. The lowest BCUT2D eigenvalue weighted by Crippen LogP contribution is -2.24. The third kappa shape index (κ3) is 3.53. The van der Waals surface area contributed by atoms with Crippen LogP contribution in [0, 0.1) is 6.92 Å². The third-order valence-electron chi connectivity index (χ3n) is 4.62. The molecule has 0 saturated carbocycles. The molecule has 0 aliphatic heterocycles. The zero-order chi connectivity index (χ0) is 21.3. The molecule has 0 saturated heterocycles. The summed E-state index contributed by atoms with van der Waals surface area (Å²) in [6.45, 7) is 1.73. The van der Waals surface area contributed by atoms with Gasteiger partial charge in [-0.3, -0.25) is 14.3 Å². The topological polar surface area (TPSA) is 103 Å². The van der Waals surface area contributed by atoms with Crippen molar-refractivity contribution in [1.82, 2.24) is 24.5 Å². The van der Waals surface area contributed by atoms with E-state index in [4.69, 9.17) is 11.6 Å². The van der Waals surface area contributed by atoms with E-state index < -0.39 is 0 Å². The van der Waals surface area contributed by atoms with Crippen LogP contribution in [0.4, 0.5) is 5.95 Å². The number of benzene rings is 1. The molecule has 0 amide bonds. The van der Waals surface area contributed by atoms with Crippen LogP contribution in [-0.2, 0) is 11.3 Å². The number of hydrogen-bond acceptors (Lipinski definition) is 7. The van der Waals surface area contributed by atoms with Crippen molar-refractivity contribution in [2.75, 3.05) is 12.4 Å². The second-order valence-corrected chi connectivity index (χ2v) is 7.01. The van der Waals surface area contributed by atoms with Crippen LogP contribution in [0.25, 0.3) is 33.4 Å². The minimum atomic E-state index is -0.361. The molecular formula is C21H17ClN6O2. The molecule has 4 aromatic rings. The van der Waals surface area contributed by atoms with Crippen LogP contribution < -0.4 is 10.9 Å². The van der Waals surface area contributed by atoms with Crippen LogP contribution in [-0.4, -0.2) is 37.8 Å². The average molecular weight is 421 g/mol. The Labute approximate surface area is 176 Å². The Morgan fingerprint density at radius 3 is 2.67 bits per heavy atom. The number of carbonyl (C=O) groups excluding carboxylic acids is 1. The van der Waals surface area contributed by atoms with Crippen molar-refractivity contribution >= 4 is 34.9 Å². The van der Waals surface area contributed by atoms with E-state index in [1.54, 1.807) is 43.8 Å². The van der Waals surface area contributed by atoms with Crippen molar-refractivity contribution in [1.29, 1.82) is 0 Å². The summed E-state index contributed by atoms with van der Waals surface area (Å²) in [7, 11) is 1.68. The summed E-state index contributed by atoms with van der Waals surface area (Å²) in [4.78, 5) is 41.5. The molecule has 0 aliphatic carbocycles. The fourth-order valence-electron chi connectivity index (χ4n) is 3.21. The van der Waals surface area contributed by atoms with E-state index in [1.807, 2.05) is 13.0 Å². The Morgan fingerprint density at radius 2 is 1.97 bits per heavy atom. The summed E-state index contributed by atoms with van der Waals surface area (Å²) in [6.07, 6.45) is 5.59. The Bertz CT molecular complexity index is 1340. The number of carbonyl (C=O) groups is 1. The van der Waals surface area contributed by atoms with Crippen molar-refractivity contribution in [3.05, 3.63) is 63.9 Å². The predicted molar refractivity (Wildman–Crippen MR) is 116 cm³/mol. The van der Waals surface area contributed by atoms with Gasteiger partial charge in [0, 0.05) is 46.5 Å². The van der Waals surface area contributed by atoms with Crippen molar-refractivity contribution in [2.24, 2.45) is 0 Å². The van der Waals surface area contributed by atoms with Crippen LogP contribution in [0.15, 0.2) is 47.7 Å². The first-order valence-electron chi connectivity index (χ1n) is 9.12. The Hall–Kier alpha value is -3.65. The molecule has 0 aliphatic rings. The summed E-state index contributed by atoms with van der Waals surface area (Å²) in [6, 6.07) is 7.03. The zero-order valence-electron chi connectivity index (χ0n) is 16.3. The number of rotatable bonds is 5. The first kappa shape index (κ1) is 19.7. The second-order valence-electron chi connectivity index (χ2n) is 6.60. The highest BCUT2D eigenvalue weighted by molar-refractivity contribution is 6.33. The predicted octanol–water partition coefficient (Wildman–Crippen LogP) is 3.12. The van der Waals surface area contributed by atoms with E-state index in [0.29, 0.717) is 45.1 Å². The van der Waals surface area contributed by atoms with Crippen LogP contribution in [0.5, 0.6) is 0 Å². The van der Waals surface area contributed by atoms with Crippen molar-refractivity contribution in [3.8, 4) is 22.4 Å². The number of aromatic nitrogens is 5. The first-order chi connectivity index (χ1) is 14.5. The summed E-state index contributed by atoms with van der Waals surface area (Å²) in [5.41, 5.74) is 3.19. The highest BCUT2D eigenvalue weighted by Gasteiger charge is 2.16. The number of nitrogens with one attached hydrogen (secondary N) is 1. The molecule has 1 N–H and O–H groups in total. The van der Waals surface area contributed by atoms with Crippen molar-refractivity contribution in [3.63, 3.8) is 0 Å². The number of hydrogen-bond donors (Lipinski definition) is 1. The molecule has 0 unspecified atom stereocenters. The van der Waals surface area contributed by atoms with Gasteiger partial charge in [-0.25, -0.2) is 9.97 Å². The molecule has 0 radical (unpaired) electrons. The van der Waals surface area contributed by atoms with Gasteiger partial charge in [-0.15, -0.1) is 0 Å². The molecule has 0 spiro atoms. The molecule has 0 bridgehead atoms. The number of anilines is 1. The first-order valence-corrected chi connectivity index (χ1v) is 9.50. The largest absolute Gasteiger partial charge is 0.357 e. The molecule has 0 atom stereocenters. The highest BCUT2D eigenvalue weighted by Crippen LogP contribution is 2.31. The fraction of sp³-hybridized carbons (Fsp3) is 0.143. The molecule has 3 heterocycles. The van der Waals surface area contributed by atoms with E-state index in [0.717, 1.165) is 11.3 Å². The number of aldehydes is 1. The maximum Gasteiger partial charge on any atom is 0.260 e. The van der Waals surface area contributed by atoms with Gasteiger partial charge in [0.2, 0.25) is 5.95 Å². The monoisotopic (exact) mass is 420 g/mol. The number of aryl methyl sites for hydroxylation is 1. The van der Waals surface area contributed by atoms with Gasteiger partial charge in [0.25, 0.3) is 5.56 Å². The van der Waals surface area contributed by atoms with Gasteiger partial charge in [0.15, 0.2) is 0 Å². The average Bonchev–Trinajstić information content (AvgIpc) is 2.75. The molecule has 150 valence electrons. The maximum atomic E-state index is 13.2. The molecule has 4 rings (SSSR count). The summed E-state index contributed by atoms with van der Waals surface area (Å²) < 4.78 is 1.32. The maximum absolute atomic E-state index is 13.2. The van der Waals surface area contributed by atoms with Gasteiger partial charge >= 0.3 is 0 Å². The van der Waals surface area contributed by atoms with Gasteiger partial charge < -0.3 is 10.1 Å². The van der Waals surface area contributed by atoms with Gasteiger partial charge in [-0.2, -0.15) is 4.98 Å². The third-order valence-corrected chi connectivity index (χ3v) is 4.93. The van der Waals surface area contributed by atoms with Gasteiger partial charge in [0.05, 0.1) is 24.1 Å². The van der Waals surface area contributed by atoms with Crippen LogP contribution in [0.1, 0.15) is 5.69 Å². The number of halogens is 1. The standard InChI is InChI=1S/C21H17ClN6O2/c1-12-9-24-11-18(26-12)13-3-4-15(17(22)8-13)16-7-14-10-25-21(23-2)27-19(14)28(5-6-29)20(16)30/h3-4,6-11H,5H2,1-2H3,(H,23,25,27). The number of nitrogens with zero attached hydrogens (tertiary/aromatic N) is 5. The highest BCUT2D eigenvalue weighted by atomic mass is 35.5. The quantitative estimate of drug-likeness (QED) is 0.495. The van der Waals surface area contributed by atoms with Gasteiger partial charge in [-0.1, -0.05) is 23.7 Å². The Morgan fingerprint density at radius 1 is 1.13 bits per heavy atom. The molecule has 8 nitrogen and oxygen atoms in total. The summed E-state index contributed by atoms with van der Waals surface area (Å²) in [5.74, 6) is 0.357. The zero-order valence-corrected chi connectivity index (χ0v) is 17.0. The molecule has 30 heavy (non-hydrogen) atoms. The van der Waals surface area contributed by atoms with E-state index in [9.17, 15) is 9.59 Å². The van der Waals surface area contributed by atoms with Gasteiger partial charge in [-0.05, 0) is 19.1 Å². The lowest BCUT2D eigenvalue weighted by atomic mass is 10.0. The molecule has 3 aromatic heterocycles. The second kappa shape index (κ2) is 8.00.